The molecule has 8 nitrogen and oxygen atoms in total. The van der Waals surface area contributed by atoms with Crippen LogP contribution in [0.3, 0.4) is 0 Å². The van der Waals surface area contributed by atoms with E-state index < -0.39 is 29.3 Å². The topological polar surface area (TPSA) is 128 Å². The molecule has 0 saturated heterocycles. The summed E-state index contributed by atoms with van der Waals surface area (Å²) < 4.78 is 5.49. The van der Waals surface area contributed by atoms with Crippen molar-refractivity contribution in [3.8, 4) is 23.0 Å². The first-order chi connectivity index (χ1) is 13.9. The van der Waals surface area contributed by atoms with E-state index in [0.717, 1.165) is 17.0 Å². The first-order valence-corrected chi connectivity index (χ1v) is 9.14. The molecule has 0 aliphatic rings. The summed E-state index contributed by atoms with van der Waals surface area (Å²) >= 11 is 0. The van der Waals surface area contributed by atoms with Crippen LogP contribution in [0.4, 0.5) is 5.69 Å². The molecule has 0 aliphatic carbocycles. The van der Waals surface area contributed by atoms with Gasteiger partial charge in [0.25, 0.3) is 5.91 Å². The van der Waals surface area contributed by atoms with Gasteiger partial charge >= 0.3 is 5.97 Å². The average Bonchev–Trinajstić information content (AvgIpc) is 2.65. The van der Waals surface area contributed by atoms with Gasteiger partial charge in [-0.1, -0.05) is 12.6 Å². The van der Waals surface area contributed by atoms with Crippen LogP contribution in [0.15, 0.2) is 49.1 Å². The monoisotopic (exact) mass is 415 g/mol. The highest BCUT2D eigenvalue weighted by molar-refractivity contribution is 6.05. The van der Waals surface area contributed by atoms with E-state index in [1.165, 1.54) is 30.3 Å². The molecule has 0 aromatic heterocycles. The lowest BCUT2D eigenvalue weighted by Crippen LogP contribution is -2.48. The van der Waals surface area contributed by atoms with Gasteiger partial charge in [-0.05, 0) is 56.7 Å². The predicted molar refractivity (Wildman–Crippen MR) is 111 cm³/mol. The number of hydrogen-bond donors (Lipinski definition) is 4. The van der Waals surface area contributed by atoms with E-state index in [2.05, 4.69) is 6.58 Å². The van der Waals surface area contributed by atoms with Crippen LogP contribution < -0.4 is 4.90 Å². The van der Waals surface area contributed by atoms with Crippen molar-refractivity contribution >= 4 is 17.6 Å². The second-order valence-electron chi connectivity index (χ2n) is 7.66. The molecule has 0 radical (unpaired) electrons. The molecule has 1 unspecified atom stereocenters. The van der Waals surface area contributed by atoms with E-state index in [1.807, 2.05) is 0 Å². The zero-order chi connectivity index (χ0) is 22.6. The van der Waals surface area contributed by atoms with Gasteiger partial charge in [0.1, 0.15) is 11.6 Å². The highest BCUT2D eigenvalue weighted by atomic mass is 16.6. The summed E-state index contributed by atoms with van der Waals surface area (Å²) in [5, 5.41) is 38.8. The van der Waals surface area contributed by atoms with Crippen molar-refractivity contribution in [2.75, 3.05) is 4.90 Å². The lowest BCUT2D eigenvalue weighted by Gasteiger charge is -2.32. The molecule has 0 aliphatic heterocycles. The van der Waals surface area contributed by atoms with Gasteiger partial charge in [-0.25, -0.2) is 4.79 Å². The van der Waals surface area contributed by atoms with Crippen LogP contribution in [0.25, 0.3) is 0 Å². The summed E-state index contributed by atoms with van der Waals surface area (Å²) in [4.78, 5) is 26.8. The average molecular weight is 415 g/mol. The molecule has 1 amide bonds. The zero-order valence-corrected chi connectivity index (χ0v) is 17.0. The minimum absolute atomic E-state index is 0.0655. The Labute approximate surface area is 174 Å². The highest BCUT2D eigenvalue weighted by Crippen LogP contribution is 2.32. The first-order valence-electron chi connectivity index (χ1n) is 9.14. The van der Waals surface area contributed by atoms with Crippen molar-refractivity contribution in [2.24, 2.45) is 0 Å². The third-order valence-corrected chi connectivity index (χ3v) is 4.11. The van der Waals surface area contributed by atoms with Crippen LogP contribution >= 0.6 is 0 Å². The summed E-state index contributed by atoms with van der Waals surface area (Å²) in [5.41, 5.74) is -0.257. The molecule has 4 N–H and O–H groups in total. The predicted octanol–water partition coefficient (Wildman–Crippen LogP) is 2.98. The summed E-state index contributed by atoms with van der Waals surface area (Å²) in [5.74, 6) is -2.92. The molecule has 30 heavy (non-hydrogen) atoms. The number of ether oxygens (including phenoxy) is 1. The Balaban J connectivity index is 2.57. The van der Waals surface area contributed by atoms with Gasteiger partial charge < -0.3 is 25.2 Å². The largest absolute Gasteiger partial charge is 0.504 e. The number of esters is 1. The number of carbonyl (C=O) groups excluding carboxylic acids is 2. The van der Waals surface area contributed by atoms with Gasteiger partial charge in [0.15, 0.2) is 23.0 Å². The Bertz CT molecular complexity index is 962. The summed E-state index contributed by atoms with van der Waals surface area (Å²) in [6.45, 7) is 8.51. The van der Waals surface area contributed by atoms with E-state index in [4.69, 9.17) is 4.74 Å². The summed E-state index contributed by atoms with van der Waals surface area (Å²) in [6.07, 6.45) is 0.944. The molecule has 8 heteroatoms. The van der Waals surface area contributed by atoms with Crippen LogP contribution in [-0.2, 0) is 20.7 Å². The standard InChI is InChI=1S/C22H25NO7/c1-5-20(28)23(14-7-9-17(25)19(27)12-14)15(21(29)30-22(2,3)4)10-13-6-8-16(24)18(26)11-13/h5-9,11-12,15,24-27H,1,10H2,2-4H3. The molecule has 0 saturated carbocycles. The summed E-state index contributed by atoms with van der Waals surface area (Å²) in [6, 6.07) is 6.54. The van der Waals surface area contributed by atoms with Gasteiger partial charge in [-0.3, -0.25) is 9.69 Å². The van der Waals surface area contributed by atoms with Gasteiger partial charge in [-0.15, -0.1) is 0 Å². The van der Waals surface area contributed by atoms with Gasteiger partial charge in [0.05, 0.1) is 0 Å². The molecule has 0 bridgehead atoms. The molecular formula is C22H25NO7. The molecule has 2 aromatic carbocycles. The van der Waals surface area contributed by atoms with Gasteiger partial charge in [-0.2, -0.15) is 0 Å². The minimum Gasteiger partial charge on any atom is -0.504 e. The van der Waals surface area contributed by atoms with E-state index in [0.29, 0.717) is 5.56 Å². The van der Waals surface area contributed by atoms with Crippen molar-refractivity contribution in [1.82, 2.24) is 0 Å². The molecule has 2 aromatic rings. The number of aromatic hydroxyl groups is 4. The molecule has 160 valence electrons. The fourth-order valence-corrected chi connectivity index (χ4v) is 2.79. The number of anilines is 1. The third-order valence-electron chi connectivity index (χ3n) is 4.11. The molecule has 2 rings (SSSR count). The van der Waals surface area contributed by atoms with Gasteiger partial charge in [0.2, 0.25) is 0 Å². The SMILES string of the molecule is C=CC(=O)N(c1ccc(O)c(O)c1)C(Cc1ccc(O)c(O)c1)C(=O)OC(C)(C)C. The molecular weight excluding hydrogens is 390 g/mol. The van der Waals surface area contributed by atoms with Crippen LogP contribution in [0.2, 0.25) is 0 Å². The zero-order valence-electron chi connectivity index (χ0n) is 17.0. The van der Waals surface area contributed by atoms with Crippen molar-refractivity contribution in [1.29, 1.82) is 0 Å². The number of benzene rings is 2. The number of phenols is 4. The minimum atomic E-state index is -1.19. The van der Waals surface area contributed by atoms with Crippen LogP contribution in [0.1, 0.15) is 26.3 Å². The van der Waals surface area contributed by atoms with Gasteiger partial charge in [0, 0.05) is 18.2 Å². The van der Waals surface area contributed by atoms with Crippen molar-refractivity contribution in [2.45, 2.75) is 38.8 Å². The quantitative estimate of drug-likeness (QED) is 0.324. The lowest BCUT2D eigenvalue weighted by atomic mass is 10.0. The summed E-state index contributed by atoms with van der Waals surface area (Å²) in [7, 11) is 0. The van der Waals surface area contributed by atoms with Crippen molar-refractivity contribution in [3.05, 3.63) is 54.6 Å². The Morgan fingerprint density at radius 3 is 2.07 bits per heavy atom. The van der Waals surface area contributed by atoms with E-state index in [1.54, 1.807) is 20.8 Å². The maximum Gasteiger partial charge on any atom is 0.330 e. The van der Waals surface area contributed by atoms with Crippen molar-refractivity contribution in [3.63, 3.8) is 0 Å². The maximum atomic E-state index is 13.0. The number of phenolic OH excluding ortho intramolecular Hbond substituents is 4. The molecule has 0 heterocycles. The van der Waals surface area contributed by atoms with E-state index in [9.17, 15) is 30.0 Å². The smallest absolute Gasteiger partial charge is 0.330 e. The lowest BCUT2D eigenvalue weighted by molar-refractivity contribution is -0.157. The molecule has 0 spiro atoms. The number of rotatable bonds is 6. The number of nitrogens with zero attached hydrogens (tertiary/aromatic N) is 1. The normalized spacial score (nSPS) is 12.1. The molecule has 0 fully saturated rings. The second-order valence-corrected chi connectivity index (χ2v) is 7.66. The van der Waals surface area contributed by atoms with Crippen molar-refractivity contribution < 1.29 is 34.8 Å². The Morgan fingerprint density at radius 1 is 1.00 bits per heavy atom. The Kier molecular flexibility index (Phi) is 6.61. The number of carbonyl (C=O) groups is 2. The number of hydrogen-bond acceptors (Lipinski definition) is 7. The van der Waals surface area contributed by atoms with E-state index >= 15 is 0 Å². The fraction of sp³-hybridized carbons (Fsp3) is 0.273. The van der Waals surface area contributed by atoms with Crippen LogP contribution in [0.5, 0.6) is 23.0 Å². The molecule has 1 atom stereocenters. The maximum absolute atomic E-state index is 13.0. The Hall–Kier alpha value is -3.68. The third kappa shape index (κ3) is 5.44. The number of amides is 1. The van der Waals surface area contributed by atoms with E-state index in [-0.39, 0.29) is 29.4 Å². The first kappa shape index (κ1) is 22.6. The fourth-order valence-electron chi connectivity index (χ4n) is 2.79. The highest BCUT2D eigenvalue weighted by Gasteiger charge is 2.34. The second kappa shape index (κ2) is 8.77. The Morgan fingerprint density at radius 2 is 1.57 bits per heavy atom. The van der Waals surface area contributed by atoms with Crippen LogP contribution in [0, 0.1) is 0 Å². The van der Waals surface area contributed by atoms with Crippen LogP contribution in [-0.4, -0.2) is 43.9 Å².